The molecule has 1 aliphatic rings. The summed E-state index contributed by atoms with van der Waals surface area (Å²) in [4.78, 5) is 13.3. The summed E-state index contributed by atoms with van der Waals surface area (Å²) in [5.74, 6) is -0.453. The van der Waals surface area contributed by atoms with Crippen LogP contribution in [-0.4, -0.2) is 31.1 Å². The van der Waals surface area contributed by atoms with E-state index in [1.165, 1.54) is 0 Å². The van der Waals surface area contributed by atoms with Crippen molar-refractivity contribution in [2.24, 2.45) is 5.73 Å². The second kappa shape index (κ2) is 5.16. The van der Waals surface area contributed by atoms with Crippen LogP contribution in [0.2, 0.25) is 5.02 Å². The highest BCUT2D eigenvalue weighted by molar-refractivity contribution is 6.33. The van der Waals surface area contributed by atoms with Crippen LogP contribution >= 0.6 is 11.6 Å². The molecule has 1 aromatic carbocycles. The zero-order valence-electron chi connectivity index (χ0n) is 10.6. The van der Waals surface area contributed by atoms with Crippen molar-refractivity contribution in [1.29, 1.82) is 0 Å². The monoisotopic (exact) mass is 267 g/mol. The molecule has 0 saturated carbocycles. The van der Waals surface area contributed by atoms with E-state index >= 15 is 0 Å². The van der Waals surface area contributed by atoms with Crippen LogP contribution in [0.3, 0.4) is 0 Å². The number of hydrogen-bond donors (Lipinski definition) is 2. The Morgan fingerprint density at radius 3 is 2.50 bits per heavy atom. The second-order valence-corrected chi connectivity index (χ2v) is 5.31. The van der Waals surface area contributed by atoms with Crippen LogP contribution < -0.4 is 16.0 Å². The largest absolute Gasteiger partial charge is 0.367 e. The van der Waals surface area contributed by atoms with Crippen molar-refractivity contribution in [3.63, 3.8) is 0 Å². The fourth-order valence-corrected chi connectivity index (χ4v) is 2.74. The van der Waals surface area contributed by atoms with Gasteiger partial charge in [-0.05, 0) is 32.0 Å². The van der Waals surface area contributed by atoms with Crippen LogP contribution in [0, 0.1) is 0 Å². The number of nitrogens with zero attached hydrogens (tertiary/aromatic N) is 1. The van der Waals surface area contributed by atoms with Crippen LogP contribution in [0.25, 0.3) is 0 Å². The molecule has 0 aromatic heterocycles. The fraction of sp³-hybridized carbons (Fsp3) is 0.462. The number of nitrogens with two attached hydrogens (primary N) is 1. The highest BCUT2D eigenvalue weighted by atomic mass is 35.5. The Balaban J connectivity index is 2.25. The molecule has 1 aromatic rings. The van der Waals surface area contributed by atoms with Crippen LogP contribution in [0.15, 0.2) is 18.2 Å². The van der Waals surface area contributed by atoms with E-state index < -0.39 is 5.91 Å². The van der Waals surface area contributed by atoms with Crippen LogP contribution in [0.1, 0.15) is 24.2 Å². The summed E-state index contributed by atoms with van der Waals surface area (Å²) < 4.78 is 0. The van der Waals surface area contributed by atoms with Gasteiger partial charge in [0.25, 0.3) is 0 Å². The van der Waals surface area contributed by atoms with Gasteiger partial charge < -0.3 is 16.0 Å². The van der Waals surface area contributed by atoms with E-state index in [1.807, 2.05) is 6.07 Å². The predicted octanol–water partition coefficient (Wildman–Crippen LogP) is 1.63. The Bertz CT molecular complexity index is 454. The van der Waals surface area contributed by atoms with E-state index in [0.717, 1.165) is 18.8 Å². The van der Waals surface area contributed by atoms with Crippen LogP contribution in [0.5, 0.6) is 0 Å². The van der Waals surface area contributed by atoms with E-state index in [1.54, 1.807) is 12.1 Å². The molecule has 1 amide bonds. The summed E-state index contributed by atoms with van der Waals surface area (Å²) in [6.45, 7) is 6.10. The van der Waals surface area contributed by atoms with Gasteiger partial charge in [-0.3, -0.25) is 4.79 Å². The van der Waals surface area contributed by atoms with Crippen molar-refractivity contribution in [3.8, 4) is 0 Å². The maximum absolute atomic E-state index is 11.1. The molecule has 98 valence electrons. The molecule has 18 heavy (non-hydrogen) atoms. The van der Waals surface area contributed by atoms with Crippen LogP contribution in [0.4, 0.5) is 5.69 Å². The molecule has 2 unspecified atom stereocenters. The highest BCUT2D eigenvalue weighted by Gasteiger charge is 2.22. The molecule has 0 radical (unpaired) electrons. The first kappa shape index (κ1) is 13.2. The number of carbonyl (C=O) groups excluding carboxylic acids is 1. The Morgan fingerprint density at radius 2 is 2.00 bits per heavy atom. The van der Waals surface area contributed by atoms with E-state index in [-0.39, 0.29) is 0 Å². The third kappa shape index (κ3) is 2.76. The minimum Gasteiger partial charge on any atom is -0.367 e. The van der Waals surface area contributed by atoms with E-state index in [0.29, 0.717) is 22.7 Å². The summed E-state index contributed by atoms with van der Waals surface area (Å²) in [5, 5.41) is 4.05. The molecule has 0 bridgehead atoms. The Labute approximate surface area is 112 Å². The van der Waals surface area contributed by atoms with Crippen molar-refractivity contribution >= 4 is 23.2 Å². The number of primary amides is 1. The molecule has 2 rings (SSSR count). The number of anilines is 1. The van der Waals surface area contributed by atoms with Crippen molar-refractivity contribution in [1.82, 2.24) is 5.32 Å². The van der Waals surface area contributed by atoms with Gasteiger partial charge >= 0.3 is 0 Å². The molecule has 4 nitrogen and oxygen atoms in total. The molecule has 0 aliphatic carbocycles. The molecule has 1 aliphatic heterocycles. The quantitative estimate of drug-likeness (QED) is 0.856. The summed E-state index contributed by atoms with van der Waals surface area (Å²) in [6.07, 6.45) is 0. The normalized spacial score (nSPS) is 24.1. The number of amides is 1. The molecule has 1 saturated heterocycles. The van der Waals surface area contributed by atoms with Gasteiger partial charge in [0, 0.05) is 30.7 Å². The van der Waals surface area contributed by atoms with Crippen molar-refractivity contribution in [2.75, 3.05) is 18.0 Å². The first-order valence-corrected chi connectivity index (χ1v) is 6.45. The lowest BCUT2D eigenvalue weighted by Crippen LogP contribution is -2.54. The summed E-state index contributed by atoms with van der Waals surface area (Å²) in [5.41, 5.74) is 6.64. The lowest BCUT2D eigenvalue weighted by Gasteiger charge is -2.38. The third-order valence-corrected chi connectivity index (χ3v) is 3.43. The van der Waals surface area contributed by atoms with Gasteiger partial charge in [-0.25, -0.2) is 0 Å². The van der Waals surface area contributed by atoms with Gasteiger partial charge in [-0.1, -0.05) is 11.6 Å². The minimum absolute atomic E-state index is 0.417. The predicted molar refractivity (Wildman–Crippen MR) is 74.2 cm³/mol. The van der Waals surface area contributed by atoms with Gasteiger partial charge in [0.05, 0.1) is 10.7 Å². The first-order chi connectivity index (χ1) is 8.47. The average molecular weight is 268 g/mol. The molecule has 0 spiro atoms. The van der Waals surface area contributed by atoms with E-state index in [4.69, 9.17) is 17.3 Å². The van der Waals surface area contributed by atoms with Crippen molar-refractivity contribution in [2.45, 2.75) is 25.9 Å². The molecular formula is C13H18ClN3O. The Hall–Kier alpha value is -1.26. The smallest absolute Gasteiger partial charge is 0.248 e. The molecule has 2 atom stereocenters. The maximum Gasteiger partial charge on any atom is 0.248 e. The standard InChI is InChI=1S/C13H18ClN3O/c1-8-6-17(7-9(2)16-8)12-4-3-10(13(15)18)5-11(12)14/h3-5,8-9,16H,6-7H2,1-2H3,(H2,15,18). The number of carbonyl (C=O) groups is 1. The molecular weight excluding hydrogens is 250 g/mol. The van der Waals surface area contributed by atoms with Gasteiger partial charge in [0.2, 0.25) is 5.91 Å². The number of hydrogen-bond acceptors (Lipinski definition) is 3. The fourth-order valence-electron chi connectivity index (χ4n) is 2.44. The third-order valence-electron chi connectivity index (χ3n) is 3.13. The zero-order chi connectivity index (χ0) is 13.3. The Morgan fingerprint density at radius 1 is 1.39 bits per heavy atom. The molecule has 1 fully saturated rings. The highest BCUT2D eigenvalue weighted by Crippen LogP contribution is 2.28. The van der Waals surface area contributed by atoms with Gasteiger partial charge in [-0.2, -0.15) is 0 Å². The van der Waals surface area contributed by atoms with Crippen molar-refractivity contribution < 1.29 is 4.79 Å². The number of benzene rings is 1. The van der Waals surface area contributed by atoms with Gasteiger partial charge in [0.15, 0.2) is 0 Å². The minimum atomic E-state index is -0.453. The zero-order valence-corrected chi connectivity index (χ0v) is 11.4. The molecule has 3 N–H and O–H groups in total. The summed E-state index contributed by atoms with van der Waals surface area (Å²) >= 11 is 6.23. The van der Waals surface area contributed by atoms with E-state index in [2.05, 4.69) is 24.1 Å². The number of nitrogens with one attached hydrogen (secondary N) is 1. The van der Waals surface area contributed by atoms with Gasteiger partial charge in [0.1, 0.15) is 0 Å². The first-order valence-electron chi connectivity index (χ1n) is 6.07. The summed E-state index contributed by atoms with van der Waals surface area (Å²) in [6, 6.07) is 6.06. The topological polar surface area (TPSA) is 58.4 Å². The SMILES string of the molecule is CC1CN(c2ccc(C(N)=O)cc2Cl)CC(C)N1. The second-order valence-electron chi connectivity index (χ2n) is 4.90. The lowest BCUT2D eigenvalue weighted by atomic mass is 10.1. The van der Waals surface area contributed by atoms with Crippen LogP contribution in [-0.2, 0) is 0 Å². The maximum atomic E-state index is 11.1. The number of halogens is 1. The summed E-state index contributed by atoms with van der Waals surface area (Å²) in [7, 11) is 0. The van der Waals surface area contributed by atoms with E-state index in [9.17, 15) is 4.79 Å². The molecule has 1 heterocycles. The number of piperazine rings is 1. The average Bonchev–Trinajstić information content (AvgIpc) is 2.27. The number of rotatable bonds is 2. The van der Waals surface area contributed by atoms with Gasteiger partial charge in [-0.15, -0.1) is 0 Å². The molecule has 5 heteroatoms. The lowest BCUT2D eigenvalue weighted by molar-refractivity contribution is 0.100. The Kier molecular flexibility index (Phi) is 3.78. The van der Waals surface area contributed by atoms with Crippen molar-refractivity contribution in [3.05, 3.63) is 28.8 Å².